The van der Waals surface area contributed by atoms with E-state index in [0.717, 1.165) is 5.56 Å². The van der Waals surface area contributed by atoms with Gasteiger partial charge in [0, 0.05) is 24.0 Å². The molecule has 1 aromatic carbocycles. The van der Waals surface area contributed by atoms with Crippen LogP contribution < -0.4 is 5.32 Å². The van der Waals surface area contributed by atoms with E-state index in [0.29, 0.717) is 18.5 Å². The number of benzene rings is 1. The molecule has 1 aliphatic carbocycles. The zero-order valence-corrected chi connectivity index (χ0v) is 11.8. The Morgan fingerprint density at radius 2 is 2.10 bits per heavy atom. The molecular formula is C15H16N2O2S. The molecular weight excluding hydrogens is 272 g/mol. The average molecular weight is 288 g/mol. The highest BCUT2D eigenvalue weighted by molar-refractivity contribution is 7.13. The van der Waals surface area contributed by atoms with Gasteiger partial charge in [-0.3, -0.25) is 10.1 Å². The molecule has 0 radical (unpaired) electrons. The third-order valence-corrected chi connectivity index (χ3v) is 4.53. The van der Waals surface area contributed by atoms with E-state index in [1.165, 1.54) is 29.7 Å². The second kappa shape index (κ2) is 5.73. The Morgan fingerprint density at radius 1 is 1.35 bits per heavy atom. The molecule has 1 saturated carbocycles. The third kappa shape index (κ3) is 3.05. The van der Waals surface area contributed by atoms with E-state index in [1.54, 1.807) is 6.07 Å². The van der Waals surface area contributed by atoms with Gasteiger partial charge in [0.05, 0.1) is 4.92 Å². The van der Waals surface area contributed by atoms with Crippen LogP contribution in [0.4, 0.5) is 5.00 Å². The number of hydrogen-bond donors (Lipinski definition) is 1. The second-order valence-corrected chi connectivity index (χ2v) is 6.05. The molecule has 5 heteroatoms. The van der Waals surface area contributed by atoms with E-state index in [4.69, 9.17) is 0 Å². The maximum atomic E-state index is 10.7. The smallest absolute Gasteiger partial charge is 0.306 e. The standard InChI is InChI=1S/C15H16N2O2S/c18-17(19)14-8-11(10-20-14)9-16-15(13-6-7-13)12-4-2-1-3-5-12/h1-5,8,10,13,15-16H,6-7,9H2. The highest BCUT2D eigenvalue weighted by atomic mass is 32.1. The van der Waals surface area contributed by atoms with Crippen LogP contribution in [0.5, 0.6) is 0 Å². The summed E-state index contributed by atoms with van der Waals surface area (Å²) in [6.07, 6.45) is 2.52. The average Bonchev–Trinajstić information content (AvgIpc) is 3.17. The topological polar surface area (TPSA) is 55.2 Å². The summed E-state index contributed by atoms with van der Waals surface area (Å²) in [5, 5.41) is 16.3. The van der Waals surface area contributed by atoms with Crippen molar-refractivity contribution in [3.8, 4) is 0 Å². The SMILES string of the molecule is O=[N+]([O-])c1cc(CNC(c2ccccc2)C2CC2)cs1. The Bertz CT molecular complexity index is 593. The van der Waals surface area contributed by atoms with Gasteiger partial charge in [0.25, 0.3) is 0 Å². The Kier molecular flexibility index (Phi) is 3.80. The first-order valence-electron chi connectivity index (χ1n) is 6.74. The van der Waals surface area contributed by atoms with Gasteiger partial charge in [0.15, 0.2) is 0 Å². The molecule has 1 fully saturated rings. The van der Waals surface area contributed by atoms with Gasteiger partial charge in [-0.1, -0.05) is 41.7 Å². The first-order chi connectivity index (χ1) is 9.74. The minimum absolute atomic E-state index is 0.212. The van der Waals surface area contributed by atoms with E-state index in [-0.39, 0.29) is 9.92 Å². The first kappa shape index (κ1) is 13.3. The highest BCUT2D eigenvalue weighted by Crippen LogP contribution is 2.41. The molecule has 0 amide bonds. The summed E-state index contributed by atoms with van der Waals surface area (Å²) in [6, 6.07) is 12.4. The molecule has 0 aliphatic heterocycles. The highest BCUT2D eigenvalue weighted by Gasteiger charge is 2.31. The van der Waals surface area contributed by atoms with Crippen LogP contribution >= 0.6 is 11.3 Å². The van der Waals surface area contributed by atoms with Crippen LogP contribution in [-0.2, 0) is 6.54 Å². The molecule has 1 atom stereocenters. The number of nitrogens with zero attached hydrogens (tertiary/aromatic N) is 1. The second-order valence-electron chi connectivity index (χ2n) is 5.16. The van der Waals surface area contributed by atoms with Gasteiger partial charge in [-0.25, -0.2) is 0 Å². The summed E-state index contributed by atoms with van der Waals surface area (Å²) in [7, 11) is 0. The molecule has 4 nitrogen and oxygen atoms in total. The van der Waals surface area contributed by atoms with Crippen molar-refractivity contribution < 1.29 is 4.92 Å². The van der Waals surface area contributed by atoms with E-state index in [2.05, 4.69) is 29.6 Å². The van der Waals surface area contributed by atoms with Crippen LogP contribution in [0.15, 0.2) is 41.8 Å². The van der Waals surface area contributed by atoms with Crippen molar-refractivity contribution in [3.05, 3.63) is 63.0 Å². The quantitative estimate of drug-likeness (QED) is 0.648. The van der Waals surface area contributed by atoms with Crippen molar-refractivity contribution in [1.29, 1.82) is 0 Å². The van der Waals surface area contributed by atoms with Crippen molar-refractivity contribution in [1.82, 2.24) is 5.32 Å². The summed E-state index contributed by atoms with van der Waals surface area (Å²) in [5.74, 6) is 0.700. The fourth-order valence-corrected chi connectivity index (χ4v) is 3.15. The lowest BCUT2D eigenvalue weighted by Crippen LogP contribution is -2.22. The lowest BCUT2D eigenvalue weighted by molar-refractivity contribution is -0.380. The summed E-state index contributed by atoms with van der Waals surface area (Å²) in [6.45, 7) is 0.681. The molecule has 1 aromatic heterocycles. The maximum absolute atomic E-state index is 10.7. The molecule has 0 saturated heterocycles. The largest absolute Gasteiger partial charge is 0.324 e. The monoisotopic (exact) mass is 288 g/mol. The molecule has 0 spiro atoms. The number of thiophene rings is 1. The van der Waals surface area contributed by atoms with Crippen LogP contribution in [0, 0.1) is 16.0 Å². The van der Waals surface area contributed by atoms with Gasteiger partial charge in [-0.05, 0) is 29.9 Å². The Hall–Kier alpha value is -1.72. The summed E-state index contributed by atoms with van der Waals surface area (Å²) in [5.41, 5.74) is 2.29. The van der Waals surface area contributed by atoms with Crippen LogP contribution in [0.2, 0.25) is 0 Å². The van der Waals surface area contributed by atoms with E-state index >= 15 is 0 Å². The summed E-state index contributed by atoms with van der Waals surface area (Å²) >= 11 is 1.19. The van der Waals surface area contributed by atoms with Crippen LogP contribution in [0.3, 0.4) is 0 Å². The molecule has 1 aliphatic rings. The van der Waals surface area contributed by atoms with E-state index in [1.807, 2.05) is 11.4 Å². The Labute approximate surface area is 121 Å². The van der Waals surface area contributed by atoms with Gasteiger partial charge in [0.1, 0.15) is 0 Å². The van der Waals surface area contributed by atoms with Crippen molar-refractivity contribution in [2.75, 3.05) is 0 Å². The van der Waals surface area contributed by atoms with E-state index < -0.39 is 0 Å². The maximum Gasteiger partial charge on any atom is 0.324 e. The van der Waals surface area contributed by atoms with Crippen molar-refractivity contribution in [3.63, 3.8) is 0 Å². The fraction of sp³-hybridized carbons (Fsp3) is 0.333. The number of hydrogen-bond acceptors (Lipinski definition) is 4. The lowest BCUT2D eigenvalue weighted by Gasteiger charge is -2.18. The molecule has 1 heterocycles. The Balaban J connectivity index is 1.67. The molecule has 1 N–H and O–H groups in total. The van der Waals surface area contributed by atoms with Crippen molar-refractivity contribution in [2.24, 2.45) is 5.92 Å². The van der Waals surface area contributed by atoms with Crippen LogP contribution in [0.25, 0.3) is 0 Å². The summed E-state index contributed by atoms with van der Waals surface area (Å²) < 4.78 is 0. The predicted octanol–water partition coefficient (Wildman–Crippen LogP) is 3.90. The van der Waals surface area contributed by atoms with E-state index in [9.17, 15) is 10.1 Å². The normalized spacial score (nSPS) is 16.0. The fourth-order valence-electron chi connectivity index (χ4n) is 2.43. The first-order valence-corrected chi connectivity index (χ1v) is 7.62. The van der Waals surface area contributed by atoms with Gasteiger partial charge < -0.3 is 5.32 Å². The molecule has 20 heavy (non-hydrogen) atoms. The zero-order chi connectivity index (χ0) is 13.9. The molecule has 1 unspecified atom stereocenters. The van der Waals surface area contributed by atoms with Crippen LogP contribution in [-0.4, -0.2) is 4.92 Å². The predicted molar refractivity (Wildman–Crippen MR) is 79.7 cm³/mol. The minimum Gasteiger partial charge on any atom is -0.306 e. The van der Waals surface area contributed by atoms with Gasteiger partial charge >= 0.3 is 5.00 Å². The number of nitro groups is 1. The zero-order valence-electron chi connectivity index (χ0n) is 11.0. The lowest BCUT2D eigenvalue weighted by atomic mass is 10.0. The molecule has 104 valence electrons. The van der Waals surface area contributed by atoms with Crippen molar-refractivity contribution >= 4 is 16.3 Å². The molecule has 3 rings (SSSR count). The number of nitrogens with one attached hydrogen (secondary N) is 1. The minimum atomic E-state index is -0.330. The van der Waals surface area contributed by atoms with Crippen LogP contribution in [0.1, 0.15) is 30.0 Å². The number of rotatable bonds is 6. The Morgan fingerprint density at radius 3 is 2.70 bits per heavy atom. The van der Waals surface area contributed by atoms with Crippen molar-refractivity contribution in [2.45, 2.75) is 25.4 Å². The molecule has 2 aromatic rings. The molecule has 0 bridgehead atoms. The van der Waals surface area contributed by atoms with Gasteiger partial charge in [0.2, 0.25) is 0 Å². The van der Waals surface area contributed by atoms with Gasteiger partial charge in [-0.2, -0.15) is 0 Å². The third-order valence-electron chi connectivity index (χ3n) is 3.60. The summed E-state index contributed by atoms with van der Waals surface area (Å²) in [4.78, 5) is 10.4. The van der Waals surface area contributed by atoms with Gasteiger partial charge in [-0.15, -0.1) is 0 Å².